The van der Waals surface area contributed by atoms with Gasteiger partial charge in [0.1, 0.15) is 0 Å². The third kappa shape index (κ3) is 6.98. The Kier molecular flexibility index (Phi) is 6.96. The number of hydrogen-bond acceptors (Lipinski definition) is 0. The molecule has 1 aromatic rings. The summed E-state index contributed by atoms with van der Waals surface area (Å²) >= 11 is 0. The minimum atomic E-state index is -1.70. The standard InChI is InChI=1S/C8H8.C4H4F2/c1-2-8-6-4-3-5-7-8;1-2-3-4(5)6/h2-7H,1H2;2-3H,1H2. The van der Waals surface area contributed by atoms with Crippen LogP contribution < -0.4 is 0 Å². The Balaban J connectivity index is 0.000000255. The van der Waals surface area contributed by atoms with Gasteiger partial charge in [0, 0.05) is 6.08 Å². The SMILES string of the molecule is C=CC=C(F)F.C=Cc1ccccc1. The second kappa shape index (κ2) is 7.92. The first-order valence-electron chi connectivity index (χ1n) is 4.02. The van der Waals surface area contributed by atoms with Crippen molar-refractivity contribution >= 4 is 6.08 Å². The Bertz CT molecular complexity index is 295. The van der Waals surface area contributed by atoms with Crippen LogP contribution in [-0.4, -0.2) is 0 Å². The van der Waals surface area contributed by atoms with Gasteiger partial charge in [-0.05, 0) is 5.56 Å². The molecule has 0 aliphatic heterocycles. The Hall–Kier alpha value is -1.70. The van der Waals surface area contributed by atoms with Gasteiger partial charge in [0.2, 0.25) is 0 Å². The topological polar surface area (TPSA) is 0 Å². The predicted octanol–water partition coefficient (Wildman–Crippen LogP) is 4.28. The van der Waals surface area contributed by atoms with E-state index in [2.05, 4.69) is 13.2 Å². The van der Waals surface area contributed by atoms with Gasteiger partial charge in [-0.15, -0.1) is 0 Å². The van der Waals surface area contributed by atoms with Crippen molar-refractivity contribution < 1.29 is 8.78 Å². The summed E-state index contributed by atoms with van der Waals surface area (Å²) in [4.78, 5) is 0. The maximum Gasteiger partial charge on any atom is 0.270 e. The Morgan fingerprint density at radius 1 is 1.07 bits per heavy atom. The highest BCUT2D eigenvalue weighted by Gasteiger charge is 1.76. The highest BCUT2D eigenvalue weighted by atomic mass is 19.3. The predicted molar refractivity (Wildman–Crippen MR) is 57.0 cm³/mol. The zero-order valence-corrected chi connectivity index (χ0v) is 7.79. The van der Waals surface area contributed by atoms with Crippen LogP contribution in [0, 0.1) is 0 Å². The number of rotatable bonds is 2. The summed E-state index contributed by atoms with van der Waals surface area (Å²) in [6.07, 6.45) is 1.81. The molecule has 0 unspecified atom stereocenters. The summed E-state index contributed by atoms with van der Waals surface area (Å²) in [6.45, 7) is 6.68. The molecule has 0 atom stereocenters. The third-order valence-electron chi connectivity index (χ3n) is 1.28. The fourth-order valence-electron chi connectivity index (χ4n) is 0.678. The lowest BCUT2D eigenvalue weighted by molar-refractivity contribution is 0.422. The van der Waals surface area contributed by atoms with E-state index in [9.17, 15) is 8.78 Å². The largest absolute Gasteiger partial charge is 0.270 e. The molecule has 0 fully saturated rings. The molecular weight excluding hydrogens is 182 g/mol. The Labute approximate surface area is 82.9 Å². The molecular formula is C12H12F2. The second-order valence-electron chi connectivity index (χ2n) is 2.31. The molecule has 2 heteroatoms. The summed E-state index contributed by atoms with van der Waals surface area (Å²) in [6, 6.07) is 10.0. The third-order valence-corrected chi connectivity index (χ3v) is 1.28. The molecule has 0 N–H and O–H groups in total. The number of halogens is 2. The normalized spacial score (nSPS) is 7.86. The highest BCUT2D eigenvalue weighted by molar-refractivity contribution is 5.45. The van der Waals surface area contributed by atoms with Crippen LogP contribution in [0.2, 0.25) is 0 Å². The molecule has 1 rings (SSSR count). The van der Waals surface area contributed by atoms with Gasteiger partial charge in [-0.1, -0.05) is 55.6 Å². The first kappa shape index (κ1) is 12.3. The van der Waals surface area contributed by atoms with Crippen molar-refractivity contribution in [2.45, 2.75) is 0 Å². The van der Waals surface area contributed by atoms with E-state index in [1.165, 1.54) is 5.56 Å². The Morgan fingerprint density at radius 2 is 1.64 bits per heavy atom. The molecule has 0 heterocycles. The van der Waals surface area contributed by atoms with Crippen molar-refractivity contribution in [3.63, 3.8) is 0 Å². The monoisotopic (exact) mass is 194 g/mol. The first-order valence-corrected chi connectivity index (χ1v) is 4.02. The van der Waals surface area contributed by atoms with Gasteiger partial charge >= 0.3 is 0 Å². The Morgan fingerprint density at radius 3 is 1.86 bits per heavy atom. The van der Waals surface area contributed by atoms with Crippen molar-refractivity contribution in [3.8, 4) is 0 Å². The van der Waals surface area contributed by atoms with E-state index < -0.39 is 6.08 Å². The van der Waals surface area contributed by atoms with E-state index in [0.717, 1.165) is 6.08 Å². The van der Waals surface area contributed by atoms with Crippen LogP contribution in [0.15, 0.2) is 61.7 Å². The lowest BCUT2D eigenvalue weighted by Gasteiger charge is -1.85. The average Bonchev–Trinajstić information content (AvgIpc) is 2.20. The zero-order chi connectivity index (χ0) is 10.8. The molecule has 0 nitrogen and oxygen atoms in total. The van der Waals surface area contributed by atoms with Crippen LogP contribution in [0.1, 0.15) is 5.56 Å². The molecule has 0 aromatic heterocycles. The maximum absolute atomic E-state index is 10.8. The van der Waals surface area contributed by atoms with Crippen LogP contribution >= 0.6 is 0 Å². The van der Waals surface area contributed by atoms with E-state index in [1.807, 2.05) is 36.4 Å². The second-order valence-corrected chi connectivity index (χ2v) is 2.31. The van der Waals surface area contributed by atoms with Crippen LogP contribution in [0.4, 0.5) is 8.78 Å². The van der Waals surface area contributed by atoms with E-state index in [0.29, 0.717) is 6.08 Å². The molecule has 1 aromatic carbocycles. The molecule has 0 spiro atoms. The summed E-state index contributed by atoms with van der Waals surface area (Å²) < 4.78 is 21.6. The average molecular weight is 194 g/mol. The van der Waals surface area contributed by atoms with Crippen molar-refractivity contribution in [3.05, 3.63) is 67.3 Å². The van der Waals surface area contributed by atoms with Crippen LogP contribution in [0.25, 0.3) is 6.08 Å². The molecule has 0 aliphatic rings. The zero-order valence-electron chi connectivity index (χ0n) is 7.79. The van der Waals surface area contributed by atoms with Crippen molar-refractivity contribution in [2.75, 3.05) is 0 Å². The van der Waals surface area contributed by atoms with Gasteiger partial charge in [-0.3, -0.25) is 0 Å². The van der Waals surface area contributed by atoms with Gasteiger partial charge < -0.3 is 0 Å². The summed E-state index contributed by atoms with van der Waals surface area (Å²) in [5.41, 5.74) is 1.17. The molecule has 0 aliphatic carbocycles. The lowest BCUT2D eigenvalue weighted by atomic mass is 10.2. The summed E-state index contributed by atoms with van der Waals surface area (Å²) in [5.74, 6) is 0. The summed E-state index contributed by atoms with van der Waals surface area (Å²) in [7, 11) is 0. The fourth-order valence-corrected chi connectivity index (χ4v) is 0.678. The molecule has 0 saturated heterocycles. The van der Waals surface area contributed by atoms with Gasteiger partial charge in [-0.25, -0.2) is 0 Å². The van der Waals surface area contributed by atoms with E-state index in [1.54, 1.807) is 0 Å². The van der Waals surface area contributed by atoms with E-state index in [-0.39, 0.29) is 0 Å². The molecule has 0 bridgehead atoms. The molecule has 14 heavy (non-hydrogen) atoms. The van der Waals surface area contributed by atoms with Gasteiger partial charge in [-0.2, -0.15) is 8.78 Å². The molecule has 0 saturated carbocycles. The number of allylic oxidation sites excluding steroid dienone is 2. The first-order chi connectivity index (χ1) is 6.70. The lowest BCUT2D eigenvalue weighted by Crippen LogP contribution is -1.63. The van der Waals surface area contributed by atoms with Gasteiger partial charge in [0.05, 0.1) is 0 Å². The van der Waals surface area contributed by atoms with E-state index in [4.69, 9.17) is 0 Å². The smallest absolute Gasteiger partial charge is 0.173 e. The molecule has 0 radical (unpaired) electrons. The van der Waals surface area contributed by atoms with Crippen LogP contribution in [0.3, 0.4) is 0 Å². The fraction of sp³-hybridized carbons (Fsp3) is 0. The van der Waals surface area contributed by atoms with E-state index >= 15 is 0 Å². The minimum absolute atomic E-state index is 0.639. The quantitative estimate of drug-likeness (QED) is 0.616. The highest BCUT2D eigenvalue weighted by Crippen LogP contribution is 1.97. The van der Waals surface area contributed by atoms with Crippen molar-refractivity contribution in [1.82, 2.24) is 0 Å². The van der Waals surface area contributed by atoms with Gasteiger partial charge in [0.15, 0.2) is 0 Å². The minimum Gasteiger partial charge on any atom is -0.173 e. The maximum atomic E-state index is 10.8. The van der Waals surface area contributed by atoms with Gasteiger partial charge in [0.25, 0.3) is 6.08 Å². The van der Waals surface area contributed by atoms with Crippen LogP contribution in [0.5, 0.6) is 0 Å². The number of hydrogen-bond donors (Lipinski definition) is 0. The van der Waals surface area contributed by atoms with Crippen LogP contribution in [-0.2, 0) is 0 Å². The molecule has 74 valence electrons. The molecule has 0 amide bonds. The number of benzene rings is 1. The van der Waals surface area contributed by atoms with Crippen molar-refractivity contribution in [1.29, 1.82) is 0 Å². The van der Waals surface area contributed by atoms with Crippen molar-refractivity contribution in [2.24, 2.45) is 0 Å². The summed E-state index contributed by atoms with van der Waals surface area (Å²) in [5, 5.41) is 0.